The number of aromatic nitrogens is 3. The van der Waals surface area contributed by atoms with Gasteiger partial charge >= 0.3 is 0 Å². The predicted octanol–water partition coefficient (Wildman–Crippen LogP) is 3.10. The highest BCUT2D eigenvalue weighted by Crippen LogP contribution is 2.38. The summed E-state index contributed by atoms with van der Waals surface area (Å²) in [6, 6.07) is 7.65. The largest absolute Gasteiger partial charge is 0.385 e. The molecule has 0 bridgehead atoms. The molecule has 0 spiro atoms. The van der Waals surface area contributed by atoms with Crippen molar-refractivity contribution in [3.8, 4) is 11.4 Å². The van der Waals surface area contributed by atoms with Crippen molar-refractivity contribution < 1.29 is 9.53 Å². The van der Waals surface area contributed by atoms with E-state index in [1.54, 1.807) is 7.11 Å². The molecule has 0 aliphatic heterocycles. The summed E-state index contributed by atoms with van der Waals surface area (Å²) in [5.41, 5.74) is 1.68. The van der Waals surface area contributed by atoms with Gasteiger partial charge in [-0.1, -0.05) is 12.1 Å². The minimum absolute atomic E-state index is 0.0203. The van der Waals surface area contributed by atoms with E-state index in [1.807, 2.05) is 24.3 Å². The molecule has 6 heteroatoms. The van der Waals surface area contributed by atoms with Gasteiger partial charge in [-0.3, -0.25) is 9.89 Å². The zero-order chi connectivity index (χ0) is 16.1. The molecule has 1 aromatic heterocycles. The third-order valence-corrected chi connectivity index (χ3v) is 3.87. The van der Waals surface area contributed by atoms with Gasteiger partial charge in [0, 0.05) is 37.3 Å². The molecule has 1 aliphatic carbocycles. The predicted molar refractivity (Wildman–Crippen MR) is 88.2 cm³/mol. The third-order valence-electron chi connectivity index (χ3n) is 3.87. The Bertz CT molecular complexity index is 664. The topological polar surface area (TPSA) is 79.9 Å². The van der Waals surface area contributed by atoms with Gasteiger partial charge in [-0.25, -0.2) is 4.98 Å². The van der Waals surface area contributed by atoms with Crippen LogP contribution in [0.15, 0.2) is 24.3 Å². The number of unbranched alkanes of at least 4 members (excludes halogenated alkanes) is 1. The standard InChI is InChI=1S/C17H22N4O2/c1-23-10-3-2-7-15(22)18-14-6-4-5-13(11-14)17-19-16(20-21-17)12-8-9-12/h4-6,11-12H,2-3,7-10H2,1H3,(H,18,22)(H,19,20,21). The number of hydrogen-bond donors (Lipinski definition) is 2. The molecule has 0 atom stereocenters. The Balaban J connectivity index is 1.59. The average Bonchev–Trinajstić information content (AvgIpc) is 3.29. The summed E-state index contributed by atoms with van der Waals surface area (Å²) >= 11 is 0. The zero-order valence-electron chi connectivity index (χ0n) is 13.3. The summed E-state index contributed by atoms with van der Waals surface area (Å²) in [5, 5.41) is 10.2. The van der Waals surface area contributed by atoms with Crippen LogP contribution in [0.1, 0.15) is 43.8 Å². The second-order valence-electron chi connectivity index (χ2n) is 5.90. The molecule has 23 heavy (non-hydrogen) atoms. The van der Waals surface area contributed by atoms with E-state index in [0.29, 0.717) is 24.8 Å². The summed E-state index contributed by atoms with van der Waals surface area (Å²) in [7, 11) is 1.67. The van der Waals surface area contributed by atoms with Crippen LogP contribution in [-0.4, -0.2) is 34.8 Å². The first-order chi connectivity index (χ1) is 11.3. The molecule has 0 unspecified atom stereocenters. The molecule has 2 N–H and O–H groups in total. The molecule has 1 fully saturated rings. The van der Waals surface area contributed by atoms with Crippen molar-refractivity contribution in [1.82, 2.24) is 15.2 Å². The van der Waals surface area contributed by atoms with E-state index in [2.05, 4.69) is 20.5 Å². The summed E-state index contributed by atoms with van der Waals surface area (Å²) in [6.45, 7) is 0.691. The second-order valence-corrected chi connectivity index (χ2v) is 5.90. The average molecular weight is 314 g/mol. The Kier molecular flexibility index (Phi) is 5.02. The summed E-state index contributed by atoms with van der Waals surface area (Å²) in [4.78, 5) is 16.5. The monoisotopic (exact) mass is 314 g/mol. The van der Waals surface area contributed by atoms with E-state index in [1.165, 1.54) is 12.8 Å². The molecular formula is C17H22N4O2. The van der Waals surface area contributed by atoms with Gasteiger partial charge in [0.25, 0.3) is 0 Å². The van der Waals surface area contributed by atoms with Gasteiger partial charge in [-0.2, -0.15) is 5.10 Å². The van der Waals surface area contributed by atoms with Crippen molar-refractivity contribution in [2.75, 3.05) is 19.0 Å². The fraction of sp³-hybridized carbons (Fsp3) is 0.471. The van der Waals surface area contributed by atoms with E-state index in [9.17, 15) is 4.79 Å². The Hall–Kier alpha value is -2.21. The van der Waals surface area contributed by atoms with Crippen LogP contribution in [0.5, 0.6) is 0 Å². The fourth-order valence-electron chi connectivity index (χ4n) is 2.43. The lowest BCUT2D eigenvalue weighted by Gasteiger charge is -2.06. The number of nitrogens with zero attached hydrogens (tertiary/aromatic N) is 2. The molecule has 3 rings (SSSR count). The minimum Gasteiger partial charge on any atom is -0.385 e. The van der Waals surface area contributed by atoms with E-state index < -0.39 is 0 Å². The van der Waals surface area contributed by atoms with Gasteiger partial charge in [-0.05, 0) is 37.8 Å². The number of carbonyl (C=O) groups is 1. The molecule has 1 aliphatic rings. The maximum absolute atomic E-state index is 11.9. The maximum Gasteiger partial charge on any atom is 0.224 e. The molecule has 1 amide bonds. The first kappa shape index (κ1) is 15.7. The minimum atomic E-state index is 0.0203. The molecular weight excluding hydrogens is 292 g/mol. The molecule has 122 valence electrons. The van der Waals surface area contributed by atoms with Crippen LogP contribution in [0.25, 0.3) is 11.4 Å². The van der Waals surface area contributed by atoms with Crippen LogP contribution in [0.2, 0.25) is 0 Å². The van der Waals surface area contributed by atoms with Crippen molar-refractivity contribution in [1.29, 1.82) is 0 Å². The Morgan fingerprint density at radius 2 is 2.26 bits per heavy atom. The number of hydrogen-bond acceptors (Lipinski definition) is 4. The van der Waals surface area contributed by atoms with Crippen LogP contribution in [0.3, 0.4) is 0 Å². The highest BCUT2D eigenvalue weighted by Gasteiger charge is 2.27. The number of methoxy groups -OCH3 is 1. The smallest absolute Gasteiger partial charge is 0.224 e. The van der Waals surface area contributed by atoms with Gasteiger partial charge in [0.2, 0.25) is 5.91 Å². The van der Waals surface area contributed by atoms with Crippen molar-refractivity contribution in [2.24, 2.45) is 0 Å². The first-order valence-electron chi connectivity index (χ1n) is 8.08. The van der Waals surface area contributed by atoms with Gasteiger partial charge in [0.05, 0.1) is 0 Å². The first-order valence-corrected chi connectivity index (χ1v) is 8.08. The number of amides is 1. The van der Waals surface area contributed by atoms with Gasteiger partial charge in [0.1, 0.15) is 5.82 Å². The van der Waals surface area contributed by atoms with Crippen LogP contribution in [0.4, 0.5) is 5.69 Å². The molecule has 1 aromatic carbocycles. The van der Waals surface area contributed by atoms with Crippen molar-refractivity contribution in [2.45, 2.75) is 38.0 Å². The van der Waals surface area contributed by atoms with Crippen LogP contribution < -0.4 is 5.32 Å². The molecule has 2 aromatic rings. The molecule has 1 saturated carbocycles. The number of rotatable bonds is 8. The van der Waals surface area contributed by atoms with E-state index in [4.69, 9.17) is 4.74 Å². The maximum atomic E-state index is 11.9. The lowest BCUT2D eigenvalue weighted by Crippen LogP contribution is -2.11. The van der Waals surface area contributed by atoms with Crippen LogP contribution >= 0.6 is 0 Å². The number of anilines is 1. The number of ether oxygens (including phenoxy) is 1. The van der Waals surface area contributed by atoms with E-state index in [0.717, 1.165) is 29.9 Å². The van der Waals surface area contributed by atoms with Crippen molar-refractivity contribution >= 4 is 11.6 Å². The van der Waals surface area contributed by atoms with Crippen molar-refractivity contribution in [3.63, 3.8) is 0 Å². The normalized spacial score (nSPS) is 14.0. The van der Waals surface area contributed by atoms with Crippen LogP contribution in [0, 0.1) is 0 Å². The van der Waals surface area contributed by atoms with E-state index in [-0.39, 0.29) is 5.91 Å². The molecule has 0 radical (unpaired) electrons. The van der Waals surface area contributed by atoms with Gasteiger partial charge in [-0.15, -0.1) is 0 Å². The molecule has 0 saturated heterocycles. The third kappa shape index (κ3) is 4.39. The lowest BCUT2D eigenvalue weighted by atomic mass is 10.2. The summed E-state index contributed by atoms with van der Waals surface area (Å²) in [5.74, 6) is 2.22. The number of nitrogens with one attached hydrogen (secondary N) is 2. The highest BCUT2D eigenvalue weighted by molar-refractivity contribution is 5.91. The quantitative estimate of drug-likeness (QED) is 0.734. The number of H-pyrrole nitrogens is 1. The number of benzene rings is 1. The molecule has 1 heterocycles. The zero-order valence-corrected chi connectivity index (χ0v) is 13.3. The Labute approximate surface area is 135 Å². The highest BCUT2D eigenvalue weighted by atomic mass is 16.5. The summed E-state index contributed by atoms with van der Waals surface area (Å²) in [6.07, 6.45) is 4.60. The molecule has 6 nitrogen and oxygen atoms in total. The fourth-order valence-corrected chi connectivity index (χ4v) is 2.43. The van der Waals surface area contributed by atoms with Crippen LogP contribution in [-0.2, 0) is 9.53 Å². The Morgan fingerprint density at radius 1 is 1.39 bits per heavy atom. The number of carbonyl (C=O) groups excluding carboxylic acids is 1. The van der Waals surface area contributed by atoms with E-state index >= 15 is 0 Å². The number of aromatic amines is 1. The lowest BCUT2D eigenvalue weighted by molar-refractivity contribution is -0.116. The Morgan fingerprint density at radius 3 is 3.04 bits per heavy atom. The van der Waals surface area contributed by atoms with Gasteiger partial charge < -0.3 is 10.1 Å². The SMILES string of the molecule is COCCCCC(=O)Nc1cccc(-c2n[nH]c(C3CC3)n2)c1. The van der Waals surface area contributed by atoms with Crippen molar-refractivity contribution in [3.05, 3.63) is 30.1 Å². The summed E-state index contributed by atoms with van der Waals surface area (Å²) < 4.78 is 4.98. The van der Waals surface area contributed by atoms with Gasteiger partial charge in [0.15, 0.2) is 5.82 Å². The second kappa shape index (κ2) is 7.37.